The first-order valence-electron chi connectivity index (χ1n) is 8.66. The molecule has 3 aromatic rings. The maximum absolute atomic E-state index is 11.5. The van der Waals surface area contributed by atoms with E-state index in [1.165, 1.54) is 18.3 Å². The summed E-state index contributed by atoms with van der Waals surface area (Å²) in [4.78, 5) is 14.1. The first kappa shape index (κ1) is 18.4. The number of hydrogen-bond acceptors (Lipinski definition) is 5. The minimum atomic E-state index is -0.312. The zero-order valence-electron chi connectivity index (χ0n) is 15.6. The Morgan fingerprint density at radius 2 is 1.85 bits per heavy atom. The molecule has 0 aliphatic carbocycles. The third kappa shape index (κ3) is 3.74. The van der Waals surface area contributed by atoms with Gasteiger partial charge in [-0.25, -0.2) is 0 Å². The average molecular weight is 365 g/mol. The van der Waals surface area contributed by atoms with Gasteiger partial charge in [-0.2, -0.15) is 0 Å². The van der Waals surface area contributed by atoms with Crippen molar-refractivity contribution in [3.05, 3.63) is 75.2 Å². The molecule has 0 spiro atoms. The van der Waals surface area contributed by atoms with Gasteiger partial charge in [-0.1, -0.05) is 0 Å². The number of aliphatic hydroxyl groups is 1. The Balaban J connectivity index is 1.86. The number of benzene rings is 2. The number of aromatic hydroxyl groups is 1. The number of aromatic nitrogens is 1. The lowest BCUT2D eigenvalue weighted by Gasteiger charge is -2.13. The van der Waals surface area contributed by atoms with Crippen molar-refractivity contribution in [2.75, 3.05) is 12.4 Å². The molecule has 1 heterocycles. The van der Waals surface area contributed by atoms with Gasteiger partial charge in [0.2, 0.25) is 5.56 Å². The number of aliphatic hydroxyl groups excluding tert-OH is 1. The third-order valence-electron chi connectivity index (χ3n) is 4.65. The molecule has 0 bridgehead atoms. The largest absolute Gasteiger partial charge is 0.506 e. The number of nitrogens with one attached hydrogen (secondary N) is 3. The molecule has 0 fully saturated rings. The highest BCUT2D eigenvalue weighted by molar-refractivity contribution is 5.93. The van der Waals surface area contributed by atoms with E-state index in [9.17, 15) is 15.0 Å². The van der Waals surface area contributed by atoms with E-state index in [-0.39, 0.29) is 17.1 Å². The van der Waals surface area contributed by atoms with Crippen LogP contribution < -0.4 is 16.2 Å². The second-order valence-corrected chi connectivity index (χ2v) is 6.49. The minimum Gasteiger partial charge on any atom is -0.506 e. The van der Waals surface area contributed by atoms with Crippen LogP contribution in [0.4, 0.5) is 5.69 Å². The van der Waals surface area contributed by atoms with Crippen LogP contribution in [-0.4, -0.2) is 22.2 Å². The third-order valence-corrected chi connectivity index (χ3v) is 4.65. The van der Waals surface area contributed by atoms with Gasteiger partial charge in [0.1, 0.15) is 11.5 Å². The molecular weight excluding hydrogens is 342 g/mol. The summed E-state index contributed by atoms with van der Waals surface area (Å²) in [5.41, 5.74) is 5.06. The quantitative estimate of drug-likeness (QED) is 0.446. The second kappa shape index (κ2) is 7.45. The zero-order valence-corrected chi connectivity index (χ0v) is 15.6. The Bertz CT molecular complexity index is 1060. The number of phenols is 1. The molecule has 5 N–H and O–H groups in total. The summed E-state index contributed by atoms with van der Waals surface area (Å²) in [5.74, 6) is -0.0164. The van der Waals surface area contributed by atoms with Gasteiger partial charge in [0.25, 0.3) is 0 Å². The Morgan fingerprint density at radius 3 is 2.52 bits per heavy atom. The first-order chi connectivity index (χ1) is 12.9. The molecule has 3 rings (SSSR count). The predicted octanol–water partition coefficient (Wildman–Crippen LogP) is 3.54. The van der Waals surface area contributed by atoms with Crippen molar-refractivity contribution in [1.29, 1.82) is 0 Å². The van der Waals surface area contributed by atoms with Crippen molar-refractivity contribution in [3.63, 3.8) is 0 Å². The van der Waals surface area contributed by atoms with Crippen molar-refractivity contribution in [2.45, 2.75) is 20.4 Å². The van der Waals surface area contributed by atoms with Crippen LogP contribution in [0.2, 0.25) is 0 Å². The molecule has 2 aromatic carbocycles. The monoisotopic (exact) mass is 365 g/mol. The fraction of sp³-hybridized carbons (Fsp3) is 0.190. The maximum atomic E-state index is 11.5. The van der Waals surface area contributed by atoms with Gasteiger partial charge in [-0.05, 0) is 60.9 Å². The van der Waals surface area contributed by atoms with Crippen LogP contribution in [-0.2, 0) is 6.54 Å². The van der Waals surface area contributed by atoms with E-state index in [2.05, 4.69) is 41.6 Å². The molecule has 0 radical (unpaired) electrons. The fourth-order valence-corrected chi connectivity index (χ4v) is 3.20. The van der Waals surface area contributed by atoms with Crippen molar-refractivity contribution >= 4 is 22.3 Å². The number of aryl methyl sites for hydroxylation is 2. The van der Waals surface area contributed by atoms with Crippen molar-refractivity contribution in [3.8, 4) is 5.75 Å². The molecule has 0 unspecified atom stereocenters. The standard InChI is InChI=1S/C21H23N3O3/c1-12-8-14(22-3)9-13(2)17(12)10-23-11-19(26)15-4-6-18(25)21-16(15)5-7-20(27)24-21/h4-9,11,22-23,25-26H,10H2,1-3H3,(H,24,27)/b19-11-. The molecular formula is C21H23N3O3. The van der Waals surface area contributed by atoms with Crippen molar-refractivity contribution in [1.82, 2.24) is 10.3 Å². The fourth-order valence-electron chi connectivity index (χ4n) is 3.20. The van der Waals surface area contributed by atoms with Crippen LogP contribution in [0, 0.1) is 13.8 Å². The van der Waals surface area contributed by atoms with Gasteiger partial charge < -0.3 is 25.8 Å². The highest BCUT2D eigenvalue weighted by Gasteiger charge is 2.10. The van der Waals surface area contributed by atoms with E-state index >= 15 is 0 Å². The summed E-state index contributed by atoms with van der Waals surface area (Å²) in [6.45, 7) is 4.68. The number of aromatic amines is 1. The molecule has 0 aliphatic heterocycles. The van der Waals surface area contributed by atoms with E-state index < -0.39 is 0 Å². The van der Waals surface area contributed by atoms with E-state index in [1.807, 2.05) is 7.05 Å². The molecule has 0 atom stereocenters. The molecule has 27 heavy (non-hydrogen) atoms. The number of fused-ring (bicyclic) bond motifs is 1. The van der Waals surface area contributed by atoms with E-state index in [4.69, 9.17) is 0 Å². The topological polar surface area (TPSA) is 97.4 Å². The summed E-state index contributed by atoms with van der Waals surface area (Å²) < 4.78 is 0. The summed E-state index contributed by atoms with van der Waals surface area (Å²) >= 11 is 0. The van der Waals surface area contributed by atoms with Gasteiger partial charge in [-0.15, -0.1) is 0 Å². The van der Waals surface area contributed by atoms with Crippen molar-refractivity contribution < 1.29 is 10.2 Å². The number of rotatable bonds is 5. The van der Waals surface area contributed by atoms with Crippen molar-refractivity contribution in [2.24, 2.45) is 0 Å². The van der Waals surface area contributed by atoms with Crippen LogP contribution in [0.1, 0.15) is 22.3 Å². The number of H-pyrrole nitrogens is 1. The van der Waals surface area contributed by atoms with Gasteiger partial charge in [0, 0.05) is 42.5 Å². The summed E-state index contributed by atoms with van der Waals surface area (Å²) in [6, 6.07) is 10.2. The lowest BCUT2D eigenvalue weighted by molar-refractivity contribution is 0.479. The molecule has 0 saturated heterocycles. The Labute approximate surface area is 157 Å². The normalized spacial score (nSPS) is 11.6. The Hall–Kier alpha value is -3.41. The summed E-state index contributed by atoms with van der Waals surface area (Å²) in [6.07, 6.45) is 1.53. The van der Waals surface area contributed by atoms with E-state index in [1.54, 1.807) is 12.1 Å². The van der Waals surface area contributed by atoms with Gasteiger partial charge in [-0.3, -0.25) is 4.79 Å². The Morgan fingerprint density at radius 1 is 1.15 bits per heavy atom. The molecule has 0 aliphatic rings. The number of anilines is 1. The van der Waals surface area contributed by atoms with Gasteiger partial charge >= 0.3 is 0 Å². The second-order valence-electron chi connectivity index (χ2n) is 6.49. The van der Waals surface area contributed by atoms with Crippen LogP contribution >= 0.6 is 0 Å². The van der Waals surface area contributed by atoms with Gasteiger partial charge in [0.15, 0.2) is 0 Å². The molecule has 6 nitrogen and oxygen atoms in total. The summed E-state index contributed by atoms with van der Waals surface area (Å²) in [7, 11) is 1.89. The minimum absolute atomic E-state index is 0.0224. The SMILES string of the molecule is CNc1cc(C)c(CN/C=C(\O)c2ccc(O)c3[nH]c(=O)ccc23)c(C)c1. The zero-order chi connectivity index (χ0) is 19.6. The van der Waals surface area contributed by atoms with Crippen LogP contribution in [0.5, 0.6) is 5.75 Å². The molecule has 0 amide bonds. The van der Waals surface area contributed by atoms with Crippen LogP contribution in [0.3, 0.4) is 0 Å². The lowest BCUT2D eigenvalue weighted by atomic mass is 10.0. The average Bonchev–Trinajstić information content (AvgIpc) is 2.64. The maximum Gasteiger partial charge on any atom is 0.248 e. The molecule has 1 aromatic heterocycles. The first-order valence-corrected chi connectivity index (χ1v) is 8.66. The number of hydrogen-bond donors (Lipinski definition) is 5. The summed E-state index contributed by atoms with van der Waals surface area (Å²) in [5, 5.41) is 27.3. The lowest BCUT2D eigenvalue weighted by Crippen LogP contribution is -2.10. The predicted molar refractivity (Wildman–Crippen MR) is 109 cm³/mol. The number of phenolic OH excluding ortho intramolecular Hbond substituents is 1. The Kier molecular flexibility index (Phi) is 5.07. The molecule has 0 saturated carbocycles. The van der Waals surface area contributed by atoms with E-state index in [0.717, 1.165) is 22.4 Å². The molecule has 140 valence electrons. The van der Waals surface area contributed by atoms with Gasteiger partial charge in [0.05, 0.1) is 5.52 Å². The smallest absolute Gasteiger partial charge is 0.248 e. The highest BCUT2D eigenvalue weighted by atomic mass is 16.3. The molecule has 6 heteroatoms. The highest BCUT2D eigenvalue weighted by Crippen LogP contribution is 2.28. The number of pyridine rings is 1. The van der Waals surface area contributed by atoms with E-state index in [0.29, 0.717) is 23.0 Å². The van der Waals surface area contributed by atoms with Crippen LogP contribution in [0.15, 0.2) is 47.4 Å². The van der Waals surface area contributed by atoms with Crippen LogP contribution in [0.25, 0.3) is 16.7 Å².